The molecular formula is C27H19N3O5S3. The number of anilines is 1. The number of amides is 1. The smallest absolute Gasteiger partial charge is 0.324 e. The Labute approximate surface area is 229 Å². The van der Waals surface area contributed by atoms with Gasteiger partial charge in [0.1, 0.15) is 10.0 Å². The minimum absolute atomic E-state index is 0.0326. The lowest BCUT2D eigenvalue weighted by Gasteiger charge is -2.04. The van der Waals surface area contributed by atoms with Gasteiger partial charge in [-0.3, -0.25) is 14.9 Å². The number of aromatic nitrogens is 1. The molecule has 1 N–H and O–H groups in total. The van der Waals surface area contributed by atoms with Crippen LogP contribution in [0.4, 0.5) is 10.0 Å². The van der Waals surface area contributed by atoms with Gasteiger partial charge in [0.15, 0.2) is 11.5 Å². The van der Waals surface area contributed by atoms with Crippen LogP contribution in [0.15, 0.2) is 60.7 Å². The van der Waals surface area contributed by atoms with Crippen molar-refractivity contribution in [3.05, 3.63) is 91.7 Å². The molecule has 1 amide bonds. The molecule has 0 radical (unpaired) electrons. The number of nitrogens with zero attached hydrogens (tertiary/aromatic N) is 2. The Morgan fingerprint density at radius 1 is 1.11 bits per heavy atom. The number of nitro groups is 1. The molecule has 190 valence electrons. The molecule has 6 rings (SSSR count). The zero-order chi connectivity index (χ0) is 26.2. The zero-order valence-corrected chi connectivity index (χ0v) is 22.4. The van der Waals surface area contributed by atoms with E-state index in [-0.39, 0.29) is 17.7 Å². The lowest BCUT2D eigenvalue weighted by molar-refractivity contribution is -0.380. The SMILES string of the molecule is Cc1c(Cc2ccc3c(c2)OCO3)sc(NC(=O)/C=C/c2ccc([N+](=O)[O-])s2)c1-c1nc2ccccc2s1. The van der Waals surface area contributed by atoms with Crippen molar-refractivity contribution in [2.45, 2.75) is 13.3 Å². The highest BCUT2D eigenvalue weighted by Crippen LogP contribution is 2.44. The van der Waals surface area contributed by atoms with Crippen molar-refractivity contribution in [1.29, 1.82) is 0 Å². The van der Waals surface area contributed by atoms with E-state index in [0.29, 0.717) is 16.3 Å². The Kier molecular flexibility index (Phi) is 6.40. The maximum absolute atomic E-state index is 12.9. The first-order chi connectivity index (χ1) is 18.4. The highest BCUT2D eigenvalue weighted by atomic mass is 32.1. The molecule has 1 aliphatic rings. The van der Waals surface area contributed by atoms with Gasteiger partial charge in [0.2, 0.25) is 12.7 Å². The van der Waals surface area contributed by atoms with Crippen LogP contribution in [0.5, 0.6) is 11.5 Å². The summed E-state index contributed by atoms with van der Waals surface area (Å²) in [7, 11) is 0. The monoisotopic (exact) mass is 561 g/mol. The van der Waals surface area contributed by atoms with Gasteiger partial charge in [-0.2, -0.15) is 0 Å². The zero-order valence-electron chi connectivity index (χ0n) is 19.9. The Bertz CT molecular complexity index is 1700. The molecule has 11 heteroatoms. The summed E-state index contributed by atoms with van der Waals surface area (Å²) in [4.78, 5) is 30.0. The van der Waals surface area contributed by atoms with Crippen molar-refractivity contribution in [3.8, 4) is 22.1 Å². The van der Waals surface area contributed by atoms with Crippen molar-refractivity contribution in [2.75, 3.05) is 12.1 Å². The lowest BCUT2D eigenvalue weighted by Crippen LogP contribution is -2.07. The van der Waals surface area contributed by atoms with Crippen LogP contribution in [-0.2, 0) is 11.2 Å². The molecule has 0 saturated carbocycles. The summed E-state index contributed by atoms with van der Waals surface area (Å²) in [6.45, 7) is 2.28. The van der Waals surface area contributed by atoms with Gasteiger partial charge in [-0.1, -0.05) is 29.5 Å². The molecule has 0 saturated heterocycles. The van der Waals surface area contributed by atoms with Crippen molar-refractivity contribution in [2.24, 2.45) is 0 Å². The first kappa shape index (κ1) is 24.3. The Morgan fingerprint density at radius 3 is 2.76 bits per heavy atom. The standard InChI is InChI=1S/C27H19N3O5S3/c1-15-22(13-16-6-9-19-20(12-16)35-14-34-19)38-27(25(15)26-28-18-4-2-3-5-21(18)37-26)29-23(31)10-7-17-8-11-24(36-17)30(32)33/h2-12H,13-14H2,1H3,(H,29,31)/b10-7+. The molecule has 0 atom stereocenters. The van der Waals surface area contributed by atoms with E-state index in [1.807, 2.05) is 42.5 Å². The van der Waals surface area contributed by atoms with Crippen LogP contribution in [-0.4, -0.2) is 22.6 Å². The van der Waals surface area contributed by atoms with Crippen molar-refractivity contribution >= 4 is 66.2 Å². The molecule has 0 spiro atoms. The molecule has 1 aliphatic heterocycles. The van der Waals surface area contributed by atoms with Gasteiger partial charge >= 0.3 is 5.00 Å². The van der Waals surface area contributed by atoms with E-state index < -0.39 is 4.92 Å². The molecule has 8 nitrogen and oxygen atoms in total. The number of hydrogen-bond donors (Lipinski definition) is 1. The summed E-state index contributed by atoms with van der Waals surface area (Å²) in [5.74, 6) is 1.15. The van der Waals surface area contributed by atoms with Crippen LogP contribution in [0, 0.1) is 17.0 Å². The highest BCUT2D eigenvalue weighted by Gasteiger charge is 2.22. The van der Waals surface area contributed by atoms with Gasteiger partial charge in [-0.05, 0) is 54.5 Å². The number of ether oxygens (including phenoxy) is 2. The van der Waals surface area contributed by atoms with Crippen molar-refractivity contribution < 1.29 is 19.2 Å². The van der Waals surface area contributed by atoms with Crippen LogP contribution in [0.3, 0.4) is 0 Å². The largest absolute Gasteiger partial charge is 0.454 e. The summed E-state index contributed by atoms with van der Waals surface area (Å²) in [5, 5.41) is 15.6. The molecule has 38 heavy (non-hydrogen) atoms. The van der Waals surface area contributed by atoms with Gasteiger partial charge < -0.3 is 14.8 Å². The quantitative estimate of drug-likeness (QED) is 0.127. The van der Waals surface area contributed by atoms with Crippen molar-refractivity contribution in [1.82, 2.24) is 4.98 Å². The Balaban J connectivity index is 1.33. The number of thiazole rings is 1. The Morgan fingerprint density at radius 2 is 1.95 bits per heavy atom. The summed E-state index contributed by atoms with van der Waals surface area (Å²) in [5.41, 5.74) is 3.94. The summed E-state index contributed by atoms with van der Waals surface area (Å²) in [6.07, 6.45) is 3.64. The number of nitrogens with one attached hydrogen (secondary N) is 1. The minimum Gasteiger partial charge on any atom is -0.454 e. The number of hydrogen-bond acceptors (Lipinski definition) is 9. The van der Waals surface area contributed by atoms with E-state index in [0.717, 1.165) is 59.6 Å². The van der Waals surface area contributed by atoms with Gasteiger partial charge in [0.05, 0.1) is 15.1 Å². The second kappa shape index (κ2) is 10.0. The topological polar surface area (TPSA) is 104 Å². The fraction of sp³-hybridized carbons (Fsp3) is 0.111. The number of thiophene rings is 2. The molecule has 3 aromatic heterocycles. The third-order valence-electron chi connectivity index (χ3n) is 5.98. The average Bonchev–Trinajstić information content (AvgIpc) is 3.69. The fourth-order valence-corrected chi connectivity index (χ4v) is 7.24. The van der Waals surface area contributed by atoms with Gasteiger partial charge in [0, 0.05) is 33.9 Å². The number of rotatable bonds is 7. The van der Waals surface area contributed by atoms with E-state index in [1.54, 1.807) is 23.5 Å². The predicted molar refractivity (Wildman–Crippen MR) is 152 cm³/mol. The van der Waals surface area contributed by atoms with Gasteiger partial charge in [-0.15, -0.1) is 22.7 Å². The first-order valence-electron chi connectivity index (χ1n) is 11.5. The molecular weight excluding hydrogens is 543 g/mol. The van der Waals surface area contributed by atoms with Crippen LogP contribution < -0.4 is 14.8 Å². The lowest BCUT2D eigenvalue weighted by atomic mass is 10.1. The number of para-hydroxylation sites is 1. The number of fused-ring (bicyclic) bond motifs is 2. The van der Waals surface area contributed by atoms with Crippen LogP contribution in [0.1, 0.15) is 20.9 Å². The fourth-order valence-electron chi connectivity index (χ4n) is 4.13. The average molecular weight is 562 g/mol. The third kappa shape index (κ3) is 4.78. The van der Waals surface area contributed by atoms with E-state index >= 15 is 0 Å². The van der Waals surface area contributed by atoms with E-state index in [9.17, 15) is 14.9 Å². The molecule has 0 aliphatic carbocycles. The third-order valence-corrected chi connectivity index (χ3v) is 9.25. The number of carbonyl (C=O) groups is 1. The van der Waals surface area contributed by atoms with Crippen LogP contribution >= 0.6 is 34.0 Å². The molecule has 4 heterocycles. The predicted octanol–water partition coefficient (Wildman–Crippen LogP) is 7.27. The van der Waals surface area contributed by atoms with E-state index in [4.69, 9.17) is 14.5 Å². The number of carbonyl (C=O) groups excluding carboxylic acids is 1. The van der Waals surface area contributed by atoms with Gasteiger partial charge in [-0.25, -0.2) is 4.98 Å². The van der Waals surface area contributed by atoms with Crippen LogP contribution in [0.25, 0.3) is 26.9 Å². The van der Waals surface area contributed by atoms with E-state index in [2.05, 4.69) is 12.2 Å². The maximum atomic E-state index is 12.9. The second-order valence-electron chi connectivity index (χ2n) is 8.46. The summed E-state index contributed by atoms with van der Waals surface area (Å²) < 4.78 is 12.0. The molecule has 2 aromatic carbocycles. The first-order valence-corrected chi connectivity index (χ1v) is 14.0. The molecule has 0 unspecified atom stereocenters. The van der Waals surface area contributed by atoms with Gasteiger partial charge in [0.25, 0.3) is 0 Å². The highest BCUT2D eigenvalue weighted by molar-refractivity contribution is 7.23. The van der Waals surface area contributed by atoms with Crippen molar-refractivity contribution in [3.63, 3.8) is 0 Å². The molecule has 0 bridgehead atoms. The Hall–Kier alpha value is -4.06. The summed E-state index contributed by atoms with van der Waals surface area (Å²) in [6, 6.07) is 16.9. The second-order valence-corrected chi connectivity index (χ2v) is 11.7. The molecule has 5 aromatic rings. The summed E-state index contributed by atoms with van der Waals surface area (Å²) >= 11 is 4.12. The maximum Gasteiger partial charge on any atom is 0.324 e. The van der Waals surface area contributed by atoms with Crippen LogP contribution in [0.2, 0.25) is 0 Å². The van der Waals surface area contributed by atoms with E-state index in [1.165, 1.54) is 23.5 Å². The molecule has 0 fully saturated rings. The minimum atomic E-state index is -0.442. The number of benzene rings is 2. The normalized spacial score (nSPS) is 12.4.